The van der Waals surface area contributed by atoms with Crippen molar-refractivity contribution in [2.75, 3.05) is 6.79 Å². The molecular formula is C31H21N3O3. The van der Waals surface area contributed by atoms with Crippen molar-refractivity contribution in [3.05, 3.63) is 124 Å². The minimum absolute atomic E-state index is 0.131. The van der Waals surface area contributed by atoms with Gasteiger partial charge >= 0.3 is 0 Å². The lowest BCUT2D eigenvalue weighted by Crippen LogP contribution is -2.23. The highest BCUT2D eigenvalue weighted by Crippen LogP contribution is 2.33. The molecule has 0 unspecified atom stereocenters. The maximum absolute atomic E-state index is 13.7. The van der Waals surface area contributed by atoms with Gasteiger partial charge in [0.2, 0.25) is 6.79 Å². The van der Waals surface area contributed by atoms with Gasteiger partial charge in [0.15, 0.2) is 11.5 Å². The van der Waals surface area contributed by atoms with E-state index in [-0.39, 0.29) is 12.4 Å². The first-order valence-electron chi connectivity index (χ1n) is 11.8. The number of benzene rings is 3. The van der Waals surface area contributed by atoms with Crippen molar-refractivity contribution in [3.8, 4) is 29.0 Å². The lowest BCUT2D eigenvalue weighted by atomic mass is 10.1. The Bertz CT molecular complexity index is 1790. The Labute approximate surface area is 213 Å². The van der Waals surface area contributed by atoms with Gasteiger partial charge in [-0.15, -0.1) is 0 Å². The largest absolute Gasteiger partial charge is 0.454 e. The summed E-state index contributed by atoms with van der Waals surface area (Å²) >= 11 is 0. The fourth-order valence-electron chi connectivity index (χ4n) is 4.25. The zero-order chi connectivity index (χ0) is 25.2. The van der Waals surface area contributed by atoms with Crippen LogP contribution in [0.15, 0.2) is 90.0 Å². The van der Waals surface area contributed by atoms with Crippen LogP contribution in [0.1, 0.15) is 28.1 Å². The Morgan fingerprint density at radius 3 is 2.62 bits per heavy atom. The number of ether oxygens (including phenoxy) is 2. The van der Waals surface area contributed by atoms with Crippen molar-refractivity contribution >= 4 is 23.1 Å². The second-order valence-electron chi connectivity index (χ2n) is 8.57. The summed E-state index contributed by atoms with van der Waals surface area (Å²) in [5, 5.41) is 0.558. The summed E-state index contributed by atoms with van der Waals surface area (Å²) in [6.07, 6.45) is 7.21. The average Bonchev–Trinajstić information content (AvgIpc) is 3.40. The highest BCUT2D eigenvalue weighted by atomic mass is 16.7. The maximum Gasteiger partial charge on any atom is 0.266 e. The number of aromatic nitrogens is 3. The van der Waals surface area contributed by atoms with Gasteiger partial charge in [-0.05, 0) is 78.7 Å². The molecule has 5 aromatic rings. The van der Waals surface area contributed by atoms with Crippen LogP contribution in [0, 0.1) is 18.8 Å². The minimum atomic E-state index is -0.131. The van der Waals surface area contributed by atoms with E-state index in [0.29, 0.717) is 22.5 Å². The molecule has 0 saturated heterocycles. The molecule has 0 atom stereocenters. The van der Waals surface area contributed by atoms with Crippen LogP contribution in [0.5, 0.6) is 11.5 Å². The Morgan fingerprint density at radius 2 is 1.76 bits per heavy atom. The van der Waals surface area contributed by atoms with Crippen LogP contribution in [-0.2, 0) is 0 Å². The van der Waals surface area contributed by atoms with Crippen LogP contribution in [0.4, 0.5) is 0 Å². The molecule has 37 heavy (non-hydrogen) atoms. The molecule has 1 aliphatic heterocycles. The van der Waals surface area contributed by atoms with Gasteiger partial charge in [-0.3, -0.25) is 14.3 Å². The summed E-state index contributed by atoms with van der Waals surface area (Å²) in [5.74, 6) is 8.25. The molecule has 0 amide bonds. The quantitative estimate of drug-likeness (QED) is 0.322. The molecule has 1 aliphatic rings. The molecule has 2 aromatic heterocycles. The third kappa shape index (κ3) is 4.46. The highest BCUT2D eigenvalue weighted by molar-refractivity contribution is 5.80. The maximum atomic E-state index is 13.7. The summed E-state index contributed by atoms with van der Waals surface area (Å²) in [4.78, 5) is 22.6. The van der Waals surface area contributed by atoms with E-state index in [1.165, 1.54) is 0 Å². The summed E-state index contributed by atoms with van der Waals surface area (Å²) in [5.41, 5.74) is 4.78. The zero-order valence-corrected chi connectivity index (χ0v) is 20.0. The molecule has 3 heterocycles. The number of pyridine rings is 1. The second kappa shape index (κ2) is 9.48. The highest BCUT2D eigenvalue weighted by Gasteiger charge is 2.14. The van der Waals surface area contributed by atoms with Crippen molar-refractivity contribution in [1.29, 1.82) is 0 Å². The van der Waals surface area contributed by atoms with Crippen LogP contribution in [-0.4, -0.2) is 21.3 Å². The standard InChI is InChI=1S/C31H21N3O3/c1-21-17-22(8-9-24-5-4-16-32-19-24)10-13-27(21)34-30(33-26-7-3-2-6-25(26)31(34)35)15-12-23-11-14-28-29(18-23)37-20-36-28/h2-7,10-19H,20H2,1H3. The Balaban J connectivity index is 1.44. The van der Waals surface area contributed by atoms with E-state index in [1.807, 2.05) is 85.8 Å². The van der Waals surface area contributed by atoms with Gasteiger partial charge in [0, 0.05) is 23.5 Å². The SMILES string of the molecule is Cc1cc(C#Cc2cccnc2)ccc1-n1c(C=Cc2ccc3c(c2)OCO3)nc2ccccc2c1=O. The molecule has 0 fully saturated rings. The van der Waals surface area contributed by atoms with Gasteiger partial charge in [0.25, 0.3) is 5.56 Å². The van der Waals surface area contributed by atoms with Crippen molar-refractivity contribution in [1.82, 2.24) is 14.5 Å². The van der Waals surface area contributed by atoms with Crippen molar-refractivity contribution < 1.29 is 9.47 Å². The monoisotopic (exact) mass is 483 g/mol. The molecule has 0 N–H and O–H groups in total. The molecule has 178 valence electrons. The third-order valence-corrected chi connectivity index (χ3v) is 6.07. The third-order valence-electron chi connectivity index (χ3n) is 6.07. The lowest BCUT2D eigenvalue weighted by molar-refractivity contribution is 0.174. The summed E-state index contributed by atoms with van der Waals surface area (Å²) in [6.45, 7) is 2.19. The minimum Gasteiger partial charge on any atom is -0.454 e. The summed E-state index contributed by atoms with van der Waals surface area (Å²) in [7, 11) is 0. The Morgan fingerprint density at radius 1 is 0.892 bits per heavy atom. The van der Waals surface area contributed by atoms with E-state index in [1.54, 1.807) is 23.0 Å². The van der Waals surface area contributed by atoms with Crippen molar-refractivity contribution in [3.63, 3.8) is 0 Å². The van der Waals surface area contributed by atoms with Gasteiger partial charge in [0.05, 0.1) is 16.6 Å². The Hall–Kier alpha value is -5.15. The van der Waals surface area contributed by atoms with Gasteiger partial charge in [-0.25, -0.2) is 4.98 Å². The van der Waals surface area contributed by atoms with E-state index in [4.69, 9.17) is 14.5 Å². The molecular weight excluding hydrogens is 462 g/mol. The van der Waals surface area contributed by atoms with E-state index in [2.05, 4.69) is 16.8 Å². The first-order valence-corrected chi connectivity index (χ1v) is 11.8. The number of hydrogen-bond donors (Lipinski definition) is 0. The van der Waals surface area contributed by atoms with E-state index in [0.717, 1.165) is 33.7 Å². The number of aryl methyl sites for hydroxylation is 1. The summed E-state index contributed by atoms with van der Waals surface area (Å²) < 4.78 is 12.6. The first kappa shape index (κ1) is 22.3. The molecule has 6 heteroatoms. The van der Waals surface area contributed by atoms with Crippen LogP contribution in [0.2, 0.25) is 0 Å². The van der Waals surface area contributed by atoms with Crippen molar-refractivity contribution in [2.45, 2.75) is 6.92 Å². The number of nitrogens with zero attached hydrogens (tertiary/aromatic N) is 3. The predicted octanol–water partition coefficient (Wildman–Crippen LogP) is 5.39. The summed E-state index contributed by atoms with van der Waals surface area (Å²) in [6, 6.07) is 22.7. The van der Waals surface area contributed by atoms with E-state index < -0.39 is 0 Å². The van der Waals surface area contributed by atoms with Gasteiger partial charge in [-0.2, -0.15) is 0 Å². The number of rotatable bonds is 3. The average molecular weight is 484 g/mol. The van der Waals surface area contributed by atoms with Crippen LogP contribution >= 0.6 is 0 Å². The molecule has 0 saturated carbocycles. The number of hydrogen-bond acceptors (Lipinski definition) is 5. The topological polar surface area (TPSA) is 66.2 Å². The van der Waals surface area contributed by atoms with Gasteiger partial charge in [0.1, 0.15) is 5.82 Å². The number of para-hydroxylation sites is 1. The second-order valence-corrected chi connectivity index (χ2v) is 8.57. The van der Waals surface area contributed by atoms with Crippen LogP contribution in [0.25, 0.3) is 28.7 Å². The van der Waals surface area contributed by atoms with Crippen LogP contribution in [0.3, 0.4) is 0 Å². The lowest BCUT2D eigenvalue weighted by Gasteiger charge is -2.14. The number of fused-ring (bicyclic) bond motifs is 2. The smallest absolute Gasteiger partial charge is 0.266 e. The molecule has 6 nitrogen and oxygen atoms in total. The zero-order valence-electron chi connectivity index (χ0n) is 20.0. The normalized spacial score (nSPS) is 12.0. The Kier molecular flexibility index (Phi) is 5.72. The van der Waals surface area contributed by atoms with Gasteiger partial charge in [-0.1, -0.05) is 36.1 Å². The molecule has 6 rings (SSSR count). The molecule has 0 radical (unpaired) electrons. The fourth-order valence-corrected chi connectivity index (χ4v) is 4.25. The van der Waals surface area contributed by atoms with Crippen LogP contribution < -0.4 is 15.0 Å². The molecule has 3 aromatic carbocycles. The van der Waals surface area contributed by atoms with E-state index >= 15 is 0 Å². The van der Waals surface area contributed by atoms with Crippen molar-refractivity contribution in [2.24, 2.45) is 0 Å². The van der Waals surface area contributed by atoms with E-state index in [9.17, 15) is 4.79 Å². The van der Waals surface area contributed by atoms with Gasteiger partial charge < -0.3 is 9.47 Å². The molecule has 0 bridgehead atoms. The fraction of sp³-hybridized carbons (Fsp3) is 0.0645. The molecule has 0 aliphatic carbocycles. The molecule has 0 spiro atoms. The predicted molar refractivity (Wildman–Crippen MR) is 144 cm³/mol. The first-order chi connectivity index (χ1) is 18.2.